The van der Waals surface area contributed by atoms with Crippen molar-refractivity contribution in [3.63, 3.8) is 0 Å². The second kappa shape index (κ2) is 31.2. The molecule has 17 rings (SSSR count). The Labute approximate surface area is 578 Å². The van der Waals surface area contributed by atoms with E-state index in [0.717, 1.165) is 130 Å². The van der Waals surface area contributed by atoms with E-state index in [2.05, 4.69) is 198 Å². The van der Waals surface area contributed by atoms with Crippen molar-refractivity contribution in [1.82, 2.24) is 44.1 Å². The van der Waals surface area contributed by atoms with Crippen LogP contribution in [0.4, 0.5) is 4.39 Å². The van der Waals surface area contributed by atoms with E-state index in [1.54, 1.807) is 12.1 Å². The van der Waals surface area contributed by atoms with Gasteiger partial charge in [0.05, 0.1) is 5.52 Å². The van der Waals surface area contributed by atoms with E-state index in [1.165, 1.54) is 160 Å². The molecule has 10 nitrogen and oxygen atoms in total. The van der Waals surface area contributed by atoms with Crippen LogP contribution < -0.4 is 0 Å². The number of nitrogens with zero attached hydrogens (tertiary/aromatic N) is 6. The van der Waals surface area contributed by atoms with Crippen LogP contribution in [0.2, 0.25) is 5.02 Å². The molecule has 0 spiro atoms. The van der Waals surface area contributed by atoms with Gasteiger partial charge in [-0.3, -0.25) is 14.6 Å². The average molecular weight is 1320 g/mol. The van der Waals surface area contributed by atoms with Gasteiger partial charge in [-0.2, -0.15) is 0 Å². The highest BCUT2D eigenvalue weighted by molar-refractivity contribution is 6.31. The van der Waals surface area contributed by atoms with Crippen LogP contribution in [0.25, 0.3) is 65.7 Å². The molecule has 12 heteroatoms. The fraction of sp³-hybridized carbons (Fsp3) is 0.388. The smallest absolute Gasteiger partial charge is 0.225 e. The number of unbranched alkanes of at least 4 members (excludes halogenated alkanes) is 3. The highest BCUT2D eigenvalue weighted by Gasteiger charge is 2.33. The molecule has 3 N–H and O–H groups in total. The number of amides is 1. The standard InChI is InChI=1S/C27H25FN2.C20H19ClN2.C19H25N3O.C19H28N2/c1-2-29-17-24(22-10-9-21(28)16-26(22)29)18-11-13-30(14-12-18)25-15-20-7-3-5-19-6-4-8-23(25)27(19)20;21-17-6-7-20-18(12-17)19(13-22-20)16-8-10-23(11-9-16)14-15-4-2-1-3-5-15;23-19(15-5-2-1-3-6-15)22-11-8-14(9-12-22)17-13-21-18-16(17)7-4-10-20-18;1-2-3-4-7-12-21-13-10-16(11-14-21)18-15-20-19-9-6-5-8-17(18)19/h3-11,16-17,25H,2,12-15H2,1H3;1-8,12-13,22H,9-11,14H2;4,7,10,13-15H,1-3,5-6,8-9,11-12H2,(H,20,21);5-6,8-9,15-16,20H,2-4,7,10-14H2,1H3. The first-order valence-corrected chi connectivity index (χ1v) is 37.0. The number of nitrogens with one attached hydrogen (secondary N) is 3. The van der Waals surface area contributed by atoms with Crippen LogP contribution in [0, 0.1) is 11.7 Å². The minimum Gasteiger partial charge on any atom is -0.361 e. The van der Waals surface area contributed by atoms with Gasteiger partial charge in [-0.05, 0) is 207 Å². The lowest BCUT2D eigenvalue weighted by molar-refractivity contribution is -0.137. The molecule has 2 saturated heterocycles. The molecular formula is C85H97ClFN9O. The number of piperidine rings is 2. The number of benzene rings is 6. The van der Waals surface area contributed by atoms with Crippen LogP contribution in [0.15, 0.2) is 183 Å². The first-order chi connectivity index (χ1) is 47.7. The van der Waals surface area contributed by atoms with Gasteiger partial charge in [0.1, 0.15) is 11.5 Å². The van der Waals surface area contributed by atoms with Gasteiger partial charge in [-0.1, -0.05) is 154 Å². The Kier molecular flexibility index (Phi) is 21.3. The van der Waals surface area contributed by atoms with Crippen molar-refractivity contribution in [3.05, 3.63) is 232 Å². The third-order valence-corrected chi connectivity index (χ3v) is 22.4. The van der Waals surface area contributed by atoms with Crippen LogP contribution in [0.3, 0.4) is 0 Å². The molecule has 2 aliphatic carbocycles. The first-order valence-electron chi connectivity index (χ1n) is 36.7. The monoisotopic (exact) mass is 1310 g/mol. The summed E-state index contributed by atoms with van der Waals surface area (Å²) in [6.07, 6.45) is 34.7. The Hall–Kier alpha value is -8.06. The SMILES string of the molecule is CCCCCCN1CCC(c2c[nH]c3ccccc23)CC1.CCn1cc(C2=CCN(C3Cc4cccc5cccc3c45)CC2)c2ccc(F)cc21.Clc1ccc2[nH]cc(C3=CCN(Cc4ccccc4)CC3)c2c1.O=C(C1CCCCC1)N1CCC(c2c[nH]c3ncccc23)CC1. The molecule has 97 heavy (non-hydrogen) atoms. The van der Waals surface area contributed by atoms with Crippen LogP contribution in [-0.2, 0) is 24.3 Å². The fourth-order valence-corrected chi connectivity index (χ4v) is 17.0. The number of halogens is 2. The maximum absolute atomic E-state index is 13.8. The Morgan fingerprint density at radius 2 is 1.32 bits per heavy atom. The number of fused-ring (bicyclic) bond motifs is 4. The number of para-hydroxylation sites is 1. The molecule has 6 aromatic carbocycles. The third-order valence-electron chi connectivity index (χ3n) is 22.2. The number of hydrogen-bond acceptors (Lipinski definition) is 5. The zero-order valence-corrected chi connectivity index (χ0v) is 57.8. The topological polar surface area (TPSA) is 95.2 Å². The molecule has 6 aliphatic rings. The van der Waals surface area contributed by atoms with E-state index in [-0.39, 0.29) is 5.82 Å². The molecule has 1 atom stereocenters. The van der Waals surface area contributed by atoms with Crippen molar-refractivity contribution in [3.8, 4) is 0 Å². The third kappa shape index (κ3) is 15.2. The maximum atomic E-state index is 13.8. The second-order valence-corrected chi connectivity index (χ2v) is 28.6. The molecule has 4 aliphatic heterocycles. The van der Waals surface area contributed by atoms with Crippen LogP contribution in [-0.4, -0.2) is 109 Å². The summed E-state index contributed by atoms with van der Waals surface area (Å²) in [5.74, 6) is 1.85. The van der Waals surface area contributed by atoms with Gasteiger partial charge in [0.2, 0.25) is 5.91 Å². The number of rotatable bonds is 14. The number of H-pyrrole nitrogens is 3. The normalized spacial score (nSPS) is 18.4. The van der Waals surface area contributed by atoms with E-state index in [1.807, 2.05) is 30.5 Å². The molecule has 0 radical (unpaired) electrons. The Balaban J connectivity index is 0.000000112. The predicted molar refractivity (Wildman–Crippen MR) is 402 cm³/mol. The molecule has 11 aromatic rings. The molecule has 1 unspecified atom stereocenters. The minimum atomic E-state index is -0.166. The molecule has 1 amide bonds. The largest absolute Gasteiger partial charge is 0.361 e. The summed E-state index contributed by atoms with van der Waals surface area (Å²) in [7, 11) is 0. The maximum Gasteiger partial charge on any atom is 0.225 e. The van der Waals surface area contributed by atoms with Gasteiger partial charge in [0.15, 0.2) is 0 Å². The summed E-state index contributed by atoms with van der Waals surface area (Å²) >= 11 is 6.16. The number of carbonyl (C=O) groups is 1. The Bertz CT molecular complexity index is 4510. The summed E-state index contributed by atoms with van der Waals surface area (Å²) < 4.78 is 16.0. The molecule has 1 saturated carbocycles. The number of carbonyl (C=O) groups excluding carboxylic acids is 1. The molecular weight excluding hydrogens is 1220 g/mol. The quantitative estimate of drug-likeness (QED) is 0.0943. The van der Waals surface area contributed by atoms with Crippen molar-refractivity contribution < 1.29 is 9.18 Å². The average Bonchev–Trinajstić information content (AvgIpc) is 1.63. The summed E-state index contributed by atoms with van der Waals surface area (Å²) in [5.41, 5.74) is 17.0. The summed E-state index contributed by atoms with van der Waals surface area (Å²) in [6.45, 7) is 16.0. The van der Waals surface area contributed by atoms with E-state index in [0.29, 0.717) is 23.8 Å². The Morgan fingerprint density at radius 3 is 2.10 bits per heavy atom. The molecule has 3 fully saturated rings. The highest BCUT2D eigenvalue weighted by atomic mass is 35.5. The lowest BCUT2D eigenvalue weighted by atomic mass is 9.86. The van der Waals surface area contributed by atoms with Crippen molar-refractivity contribution in [2.75, 3.05) is 58.9 Å². The number of aromatic amines is 3. The Morgan fingerprint density at radius 1 is 0.598 bits per heavy atom. The van der Waals surface area contributed by atoms with Gasteiger partial charge in [-0.25, -0.2) is 9.37 Å². The lowest BCUT2D eigenvalue weighted by Gasteiger charge is -2.35. The van der Waals surface area contributed by atoms with Crippen LogP contribution in [0.5, 0.6) is 0 Å². The zero-order chi connectivity index (χ0) is 66.0. The predicted octanol–water partition coefficient (Wildman–Crippen LogP) is 20.2. The first kappa shape index (κ1) is 66.2. The van der Waals surface area contributed by atoms with Crippen molar-refractivity contribution >= 4 is 83.2 Å². The molecule has 0 bridgehead atoms. The number of aryl methyl sites for hydroxylation is 1. The summed E-state index contributed by atoms with van der Waals surface area (Å²) in [5, 5.41) is 8.67. The van der Waals surface area contributed by atoms with Gasteiger partial charge in [0.25, 0.3) is 0 Å². The second-order valence-electron chi connectivity index (χ2n) is 28.2. The fourth-order valence-electron chi connectivity index (χ4n) is 16.8. The number of aromatic nitrogens is 5. The molecule has 9 heterocycles. The number of likely N-dealkylation sites (tertiary alicyclic amines) is 2. The van der Waals surface area contributed by atoms with Crippen LogP contribution in [0.1, 0.15) is 167 Å². The summed E-state index contributed by atoms with van der Waals surface area (Å²) in [4.78, 5) is 37.0. The van der Waals surface area contributed by atoms with E-state index in [9.17, 15) is 9.18 Å². The summed E-state index contributed by atoms with van der Waals surface area (Å²) in [6, 6.07) is 48.7. The number of pyridine rings is 1. The number of hydrogen-bond donors (Lipinski definition) is 3. The molecule has 5 aromatic heterocycles. The van der Waals surface area contributed by atoms with Gasteiger partial charge >= 0.3 is 0 Å². The highest BCUT2D eigenvalue weighted by Crippen LogP contribution is 2.43. The van der Waals surface area contributed by atoms with E-state index >= 15 is 0 Å². The van der Waals surface area contributed by atoms with E-state index < -0.39 is 0 Å². The van der Waals surface area contributed by atoms with Crippen molar-refractivity contribution in [1.29, 1.82) is 0 Å². The van der Waals surface area contributed by atoms with Crippen molar-refractivity contribution in [2.24, 2.45) is 5.92 Å². The van der Waals surface area contributed by atoms with Gasteiger partial charge < -0.3 is 29.3 Å². The minimum absolute atomic E-state index is 0.166. The zero-order valence-electron chi connectivity index (χ0n) is 57.1. The van der Waals surface area contributed by atoms with Gasteiger partial charge in [0, 0.05) is 144 Å². The van der Waals surface area contributed by atoms with Gasteiger partial charge in [-0.15, -0.1) is 0 Å². The van der Waals surface area contributed by atoms with Crippen molar-refractivity contribution in [2.45, 2.75) is 148 Å². The molecule has 502 valence electrons. The van der Waals surface area contributed by atoms with E-state index in [4.69, 9.17) is 11.6 Å². The lowest BCUT2D eigenvalue weighted by Crippen LogP contribution is -2.41. The van der Waals surface area contributed by atoms with Crippen LogP contribution >= 0.6 is 11.6 Å².